The first-order chi connectivity index (χ1) is 17.3. The molecule has 9 heteroatoms. The summed E-state index contributed by atoms with van der Waals surface area (Å²) < 4.78 is 11.0. The number of ether oxygens (including phenoxy) is 2. The Kier molecular flexibility index (Phi) is 6.16. The van der Waals surface area contributed by atoms with Gasteiger partial charge in [-0.2, -0.15) is 0 Å². The molecule has 36 heavy (non-hydrogen) atoms. The van der Waals surface area contributed by atoms with Gasteiger partial charge in [0.1, 0.15) is 5.82 Å². The molecule has 1 aromatic heterocycles. The summed E-state index contributed by atoms with van der Waals surface area (Å²) in [7, 11) is 0. The van der Waals surface area contributed by atoms with Crippen LogP contribution in [-0.4, -0.2) is 84.6 Å². The van der Waals surface area contributed by atoms with E-state index in [9.17, 15) is 9.90 Å². The molecule has 2 N–H and O–H groups in total. The molecule has 0 unspecified atom stereocenters. The third-order valence-corrected chi connectivity index (χ3v) is 9.38. The number of aliphatic hydroxyl groups is 1. The van der Waals surface area contributed by atoms with E-state index >= 15 is 0 Å². The van der Waals surface area contributed by atoms with E-state index in [0.29, 0.717) is 24.1 Å². The summed E-state index contributed by atoms with van der Waals surface area (Å²) in [6.07, 6.45) is 4.19. The molecule has 1 amide bonds. The fourth-order valence-electron chi connectivity index (χ4n) is 6.44. The first-order valence-electron chi connectivity index (χ1n) is 13.0. The van der Waals surface area contributed by atoms with Gasteiger partial charge < -0.3 is 24.8 Å². The number of carbonyl (C=O) groups excluding carboxylic acids is 1. The van der Waals surface area contributed by atoms with Gasteiger partial charge in [-0.25, -0.2) is 4.98 Å². The lowest BCUT2D eigenvalue weighted by atomic mass is 9.93. The number of halogens is 1. The molecule has 1 spiro atoms. The van der Waals surface area contributed by atoms with Crippen LogP contribution >= 0.6 is 11.6 Å². The average Bonchev–Trinajstić information content (AvgIpc) is 3.44. The van der Waals surface area contributed by atoms with Crippen LogP contribution in [0.3, 0.4) is 0 Å². The summed E-state index contributed by atoms with van der Waals surface area (Å²) >= 11 is 6.75. The number of nitrogens with one attached hydrogen (secondary N) is 1. The third kappa shape index (κ3) is 4.17. The second-order valence-corrected chi connectivity index (χ2v) is 11.7. The van der Waals surface area contributed by atoms with E-state index in [1.807, 2.05) is 12.1 Å². The van der Waals surface area contributed by atoms with E-state index in [1.165, 1.54) is 0 Å². The van der Waals surface area contributed by atoms with Crippen molar-refractivity contribution >= 4 is 39.8 Å². The average molecular weight is 515 g/mol. The van der Waals surface area contributed by atoms with Crippen LogP contribution in [0.4, 0.5) is 11.5 Å². The summed E-state index contributed by atoms with van der Waals surface area (Å²) in [5, 5.41) is 16.2. The number of hydrogen-bond donors (Lipinski definition) is 2. The monoisotopic (exact) mass is 514 g/mol. The highest BCUT2D eigenvalue weighted by Gasteiger charge is 2.58. The molecule has 4 aliphatic rings. The molecule has 0 bridgehead atoms. The quantitative estimate of drug-likeness (QED) is 0.647. The predicted octanol–water partition coefficient (Wildman–Crippen LogP) is 3.30. The van der Waals surface area contributed by atoms with Gasteiger partial charge in [0.15, 0.2) is 0 Å². The van der Waals surface area contributed by atoms with Gasteiger partial charge in [0.25, 0.3) is 0 Å². The van der Waals surface area contributed by atoms with Crippen molar-refractivity contribution in [3.63, 3.8) is 0 Å². The number of aromatic nitrogens is 1. The van der Waals surface area contributed by atoms with Gasteiger partial charge in [-0.15, -0.1) is 0 Å². The van der Waals surface area contributed by atoms with Gasteiger partial charge >= 0.3 is 0 Å². The molecule has 1 saturated carbocycles. The Labute approximate surface area is 216 Å². The molecule has 2 aromatic rings. The third-order valence-electron chi connectivity index (χ3n) is 9.08. The first kappa shape index (κ1) is 24.4. The number of piperazine rings is 1. The predicted molar refractivity (Wildman–Crippen MR) is 140 cm³/mol. The molecule has 4 atom stereocenters. The van der Waals surface area contributed by atoms with Crippen molar-refractivity contribution in [3.8, 4) is 0 Å². The number of fused-ring (bicyclic) bond motifs is 1. The van der Waals surface area contributed by atoms with Crippen LogP contribution in [0, 0.1) is 11.3 Å². The van der Waals surface area contributed by atoms with Crippen LogP contribution in [0.15, 0.2) is 24.4 Å². The largest absolute Gasteiger partial charge is 0.389 e. The molecule has 4 fully saturated rings. The fraction of sp³-hybridized carbons (Fsp3) is 0.630. The molecule has 3 aliphatic heterocycles. The van der Waals surface area contributed by atoms with Crippen molar-refractivity contribution in [1.82, 2.24) is 9.88 Å². The maximum atomic E-state index is 12.9. The van der Waals surface area contributed by atoms with E-state index in [2.05, 4.69) is 40.0 Å². The summed E-state index contributed by atoms with van der Waals surface area (Å²) in [5.74, 6) is 0.701. The van der Waals surface area contributed by atoms with E-state index in [-0.39, 0.29) is 28.8 Å². The zero-order valence-corrected chi connectivity index (χ0v) is 21.8. The van der Waals surface area contributed by atoms with E-state index in [1.54, 1.807) is 6.20 Å². The Morgan fingerprint density at radius 3 is 2.72 bits per heavy atom. The highest BCUT2D eigenvalue weighted by molar-refractivity contribution is 6.34. The number of nitrogens with zero attached hydrogens (tertiary/aromatic N) is 3. The molecule has 4 heterocycles. The maximum absolute atomic E-state index is 12.9. The molecular weight excluding hydrogens is 480 g/mol. The molecule has 3 saturated heterocycles. The van der Waals surface area contributed by atoms with Crippen LogP contribution in [0.1, 0.15) is 33.1 Å². The number of benzene rings is 1. The lowest BCUT2D eigenvalue weighted by molar-refractivity contribution is -0.118. The van der Waals surface area contributed by atoms with Gasteiger partial charge in [-0.05, 0) is 62.1 Å². The van der Waals surface area contributed by atoms with Crippen LogP contribution in [0.5, 0.6) is 0 Å². The summed E-state index contributed by atoms with van der Waals surface area (Å²) in [4.78, 5) is 22.1. The minimum Gasteiger partial charge on any atom is -0.389 e. The molecular formula is C27H35ClN4O4. The second kappa shape index (κ2) is 9.10. The molecule has 1 aromatic carbocycles. The Bertz CT molecular complexity index is 1170. The molecule has 6 rings (SSSR count). The van der Waals surface area contributed by atoms with E-state index in [0.717, 1.165) is 68.6 Å². The van der Waals surface area contributed by atoms with E-state index < -0.39 is 6.10 Å². The summed E-state index contributed by atoms with van der Waals surface area (Å²) in [6, 6.07) is 6.22. The standard InChI is InChI=1S/C27H35ClN4O4/c1-17-14-31(26(2)16-36-15-23(26)33)5-6-32(17)22-10-18-11-24(29-13-19(18)9-21(22)28)30-25(34)20-12-27(20)3-7-35-8-4-27/h9-11,13,17,20,23,33H,3-8,12,14-16H2,1-2H3,(H,29,30,34)/t17-,20-,23+,26-/m0/s1. The Hall–Kier alpha value is -1.97. The van der Waals surface area contributed by atoms with Crippen LogP contribution in [0.2, 0.25) is 5.02 Å². The smallest absolute Gasteiger partial charge is 0.229 e. The normalized spacial score (nSPS) is 32.2. The SMILES string of the molecule is C[C@H]1CN([C@@]2(C)COC[C@H]2O)CCN1c1cc2cc(NC(=O)[C@@H]3CC34CCOCC4)ncc2cc1Cl. The molecule has 8 nitrogen and oxygen atoms in total. The number of rotatable bonds is 4. The van der Waals surface area contributed by atoms with Crippen LogP contribution in [-0.2, 0) is 14.3 Å². The number of hydrogen-bond acceptors (Lipinski definition) is 7. The lowest BCUT2D eigenvalue weighted by Crippen LogP contribution is -2.63. The number of aliphatic hydroxyl groups excluding tert-OH is 1. The number of anilines is 2. The highest BCUT2D eigenvalue weighted by Crippen LogP contribution is 2.59. The summed E-state index contributed by atoms with van der Waals surface area (Å²) in [5.41, 5.74) is 0.768. The van der Waals surface area contributed by atoms with Gasteiger partial charge in [-0.1, -0.05) is 11.6 Å². The topological polar surface area (TPSA) is 87.2 Å². The number of carbonyl (C=O) groups is 1. The van der Waals surface area contributed by atoms with Crippen molar-refractivity contribution in [1.29, 1.82) is 0 Å². The Balaban J connectivity index is 1.18. The number of amides is 1. The summed E-state index contributed by atoms with van der Waals surface area (Å²) in [6.45, 7) is 9.17. The zero-order chi connectivity index (χ0) is 25.1. The maximum Gasteiger partial charge on any atom is 0.229 e. The van der Waals surface area contributed by atoms with Crippen molar-refractivity contribution in [2.45, 2.75) is 50.8 Å². The van der Waals surface area contributed by atoms with Gasteiger partial charge in [0, 0.05) is 56.4 Å². The van der Waals surface area contributed by atoms with Gasteiger partial charge in [-0.3, -0.25) is 9.69 Å². The Morgan fingerprint density at radius 2 is 2.00 bits per heavy atom. The molecule has 194 valence electrons. The van der Waals surface area contributed by atoms with Crippen LogP contribution < -0.4 is 10.2 Å². The van der Waals surface area contributed by atoms with Crippen molar-refractivity contribution in [2.24, 2.45) is 11.3 Å². The zero-order valence-electron chi connectivity index (χ0n) is 21.0. The van der Waals surface area contributed by atoms with E-state index in [4.69, 9.17) is 21.1 Å². The van der Waals surface area contributed by atoms with Gasteiger partial charge in [0.05, 0.1) is 35.6 Å². The minimum absolute atomic E-state index is 0.0578. The van der Waals surface area contributed by atoms with Gasteiger partial charge in [0.2, 0.25) is 5.91 Å². The fourth-order valence-corrected chi connectivity index (χ4v) is 6.72. The highest BCUT2D eigenvalue weighted by atomic mass is 35.5. The number of pyridine rings is 1. The molecule has 0 radical (unpaired) electrons. The second-order valence-electron chi connectivity index (χ2n) is 11.3. The van der Waals surface area contributed by atoms with Crippen LogP contribution in [0.25, 0.3) is 10.8 Å². The Morgan fingerprint density at radius 1 is 1.19 bits per heavy atom. The minimum atomic E-state index is -0.474. The first-order valence-corrected chi connectivity index (χ1v) is 13.4. The van der Waals surface area contributed by atoms with Crippen molar-refractivity contribution in [3.05, 3.63) is 29.4 Å². The van der Waals surface area contributed by atoms with Crippen molar-refractivity contribution in [2.75, 3.05) is 56.3 Å². The van der Waals surface area contributed by atoms with Crippen molar-refractivity contribution < 1.29 is 19.4 Å². The molecule has 1 aliphatic carbocycles. The lowest BCUT2D eigenvalue weighted by Gasteiger charge is -2.48.